The molecule has 0 fully saturated rings. The van der Waals surface area contributed by atoms with Crippen LogP contribution in [0.1, 0.15) is 51.6 Å². The average molecular weight is 323 g/mol. The van der Waals surface area contributed by atoms with Crippen LogP contribution >= 0.6 is 0 Å². The van der Waals surface area contributed by atoms with E-state index < -0.39 is 0 Å². The second-order valence-electron chi connectivity index (χ2n) is 6.25. The van der Waals surface area contributed by atoms with Gasteiger partial charge in [0.25, 0.3) is 5.91 Å². The van der Waals surface area contributed by atoms with E-state index in [2.05, 4.69) is 15.5 Å². The number of pyridine rings is 1. The van der Waals surface area contributed by atoms with E-state index in [1.54, 1.807) is 0 Å². The molecule has 1 aromatic carbocycles. The van der Waals surface area contributed by atoms with Gasteiger partial charge in [0.1, 0.15) is 5.76 Å². The molecule has 0 radical (unpaired) electrons. The lowest BCUT2D eigenvalue weighted by molar-refractivity contribution is 0.0939. The van der Waals surface area contributed by atoms with Gasteiger partial charge in [-0.15, -0.1) is 0 Å². The summed E-state index contributed by atoms with van der Waals surface area (Å²) in [7, 11) is 0. The zero-order valence-electron chi connectivity index (χ0n) is 14.6. The summed E-state index contributed by atoms with van der Waals surface area (Å²) in [5.41, 5.74) is 5.08. The van der Waals surface area contributed by atoms with Gasteiger partial charge in [-0.25, -0.2) is 0 Å². The summed E-state index contributed by atoms with van der Waals surface area (Å²) in [5, 5.41) is 7.92. The monoisotopic (exact) mass is 323 g/mol. The first-order valence-corrected chi connectivity index (χ1v) is 7.98. The number of hydrogen-bond donors (Lipinski definition) is 1. The van der Waals surface area contributed by atoms with Crippen molar-refractivity contribution in [1.82, 2.24) is 15.5 Å². The number of benzene rings is 1. The van der Waals surface area contributed by atoms with Gasteiger partial charge in [-0.2, -0.15) is 0 Å². The second kappa shape index (κ2) is 6.07. The fourth-order valence-corrected chi connectivity index (χ4v) is 3.06. The molecule has 0 unspecified atom stereocenters. The molecular weight excluding hydrogens is 302 g/mol. The molecule has 2 heterocycles. The predicted molar refractivity (Wildman–Crippen MR) is 93.1 cm³/mol. The first-order valence-electron chi connectivity index (χ1n) is 7.98. The van der Waals surface area contributed by atoms with Gasteiger partial charge in [-0.3, -0.25) is 9.78 Å². The molecule has 3 rings (SSSR count). The largest absolute Gasteiger partial charge is 0.361 e. The Labute approximate surface area is 141 Å². The molecule has 0 saturated heterocycles. The average Bonchev–Trinajstić information content (AvgIpc) is 2.85. The number of aryl methyl sites for hydroxylation is 4. The van der Waals surface area contributed by atoms with Gasteiger partial charge >= 0.3 is 0 Å². The van der Waals surface area contributed by atoms with Gasteiger partial charge < -0.3 is 9.84 Å². The number of hydrogen-bond acceptors (Lipinski definition) is 4. The van der Waals surface area contributed by atoms with E-state index in [0.29, 0.717) is 5.56 Å². The van der Waals surface area contributed by atoms with E-state index in [4.69, 9.17) is 4.52 Å². The Morgan fingerprint density at radius 3 is 2.54 bits per heavy atom. The van der Waals surface area contributed by atoms with Crippen LogP contribution in [0.5, 0.6) is 0 Å². The summed E-state index contributed by atoms with van der Waals surface area (Å²) in [5.74, 6) is 0.583. The highest BCUT2D eigenvalue weighted by Gasteiger charge is 2.20. The molecule has 1 N–H and O–H groups in total. The zero-order valence-corrected chi connectivity index (χ0v) is 14.6. The molecule has 0 saturated carbocycles. The van der Waals surface area contributed by atoms with E-state index in [9.17, 15) is 4.79 Å². The molecule has 0 spiro atoms. The minimum Gasteiger partial charge on any atom is -0.361 e. The normalized spacial score (nSPS) is 12.4. The molecule has 2 aromatic heterocycles. The van der Waals surface area contributed by atoms with Crippen LogP contribution in [-0.2, 0) is 0 Å². The minimum absolute atomic E-state index is 0.144. The summed E-state index contributed by atoms with van der Waals surface area (Å²) in [6, 6.07) is 7.75. The third kappa shape index (κ3) is 2.89. The van der Waals surface area contributed by atoms with Crippen molar-refractivity contribution in [1.29, 1.82) is 0 Å². The third-order valence-corrected chi connectivity index (χ3v) is 4.28. The Kier molecular flexibility index (Phi) is 4.09. The van der Waals surface area contributed by atoms with Crippen molar-refractivity contribution in [3.63, 3.8) is 0 Å². The molecule has 5 heteroatoms. The quantitative estimate of drug-likeness (QED) is 0.792. The van der Waals surface area contributed by atoms with Crippen LogP contribution in [0.25, 0.3) is 10.9 Å². The Morgan fingerprint density at radius 2 is 1.88 bits per heavy atom. The number of carbonyl (C=O) groups excluding carboxylic acids is 1. The smallest absolute Gasteiger partial charge is 0.253 e. The molecule has 0 bridgehead atoms. The lowest BCUT2D eigenvalue weighted by atomic mass is 10.0. The Morgan fingerprint density at radius 1 is 1.12 bits per heavy atom. The van der Waals surface area contributed by atoms with Crippen molar-refractivity contribution < 1.29 is 9.32 Å². The first kappa shape index (κ1) is 16.2. The van der Waals surface area contributed by atoms with Crippen molar-refractivity contribution in [3.8, 4) is 0 Å². The number of nitrogens with one attached hydrogen (secondary N) is 1. The Hall–Kier alpha value is -2.69. The summed E-state index contributed by atoms with van der Waals surface area (Å²) >= 11 is 0. The fourth-order valence-electron chi connectivity index (χ4n) is 3.06. The number of aromatic nitrogens is 2. The maximum absolute atomic E-state index is 12.7. The second-order valence-corrected chi connectivity index (χ2v) is 6.25. The van der Waals surface area contributed by atoms with Crippen LogP contribution in [0.3, 0.4) is 0 Å². The lowest BCUT2D eigenvalue weighted by Crippen LogP contribution is -2.28. The number of carbonyl (C=O) groups is 1. The van der Waals surface area contributed by atoms with Crippen LogP contribution in [0.2, 0.25) is 0 Å². The van der Waals surface area contributed by atoms with E-state index in [1.165, 1.54) is 0 Å². The van der Waals surface area contributed by atoms with Gasteiger partial charge in [0.2, 0.25) is 0 Å². The van der Waals surface area contributed by atoms with Crippen LogP contribution in [0.15, 0.2) is 28.8 Å². The number of rotatable bonds is 3. The van der Waals surface area contributed by atoms with Gasteiger partial charge in [-0.1, -0.05) is 17.3 Å². The van der Waals surface area contributed by atoms with Gasteiger partial charge in [0.15, 0.2) is 0 Å². The number of nitrogens with zero attached hydrogens (tertiary/aromatic N) is 2. The molecule has 3 aromatic rings. The van der Waals surface area contributed by atoms with E-state index in [-0.39, 0.29) is 11.9 Å². The highest BCUT2D eigenvalue weighted by molar-refractivity contribution is 5.98. The molecule has 24 heavy (non-hydrogen) atoms. The lowest BCUT2D eigenvalue weighted by Gasteiger charge is -2.15. The molecule has 0 aliphatic heterocycles. The summed E-state index contributed by atoms with van der Waals surface area (Å²) in [4.78, 5) is 17.3. The first-order chi connectivity index (χ1) is 11.4. The van der Waals surface area contributed by atoms with Crippen LogP contribution in [0, 0.1) is 27.7 Å². The van der Waals surface area contributed by atoms with Crippen LogP contribution in [-0.4, -0.2) is 16.0 Å². The predicted octanol–water partition coefficient (Wildman–Crippen LogP) is 3.95. The van der Waals surface area contributed by atoms with E-state index in [1.807, 2.05) is 58.9 Å². The Balaban J connectivity index is 1.91. The molecule has 1 atom stereocenters. The minimum atomic E-state index is -0.183. The van der Waals surface area contributed by atoms with Crippen LogP contribution in [0.4, 0.5) is 0 Å². The third-order valence-electron chi connectivity index (χ3n) is 4.28. The van der Waals surface area contributed by atoms with Gasteiger partial charge in [0, 0.05) is 10.9 Å². The maximum Gasteiger partial charge on any atom is 0.253 e. The molecule has 124 valence electrons. The summed E-state index contributed by atoms with van der Waals surface area (Å²) in [6.07, 6.45) is 0. The molecule has 0 aliphatic rings. The van der Waals surface area contributed by atoms with Gasteiger partial charge in [0.05, 0.1) is 28.5 Å². The molecule has 0 aliphatic carbocycles. The van der Waals surface area contributed by atoms with Crippen molar-refractivity contribution in [2.45, 2.75) is 40.7 Å². The van der Waals surface area contributed by atoms with E-state index >= 15 is 0 Å². The van der Waals surface area contributed by atoms with Crippen molar-refractivity contribution in [2.75, 3.05) is 0 Å². The van der Waals surface area contributed by atoms with Gasteiger partial charge in [-0.05, 0) is 52.3 Å². The highest BCUT2D eigenvalue weighted by atomic mass is 16.5. The van der Waals surface area contributed by atoms with Crippen molar-refractivity contribution >= 4 is 16.8 Å². The standard InChI is InChI=1S/C19H21N3O2/c1-10-6-7-15-9-16(11(2)20-17(15)8-10)19(23)21-12(3)18-13(4)22-24-14(18)5/h6-9,12H,1-5H3,(H,21,23)/t12-/m0/s1. The number of fused-ring (bicyclic) bond motifs is 1. The number of amides is 1. The fraction of sp³-hybridized carbons (Fsp3) is 0.316. The molecular formula is C19H21N3O2. The molecule has 5 nitrogen and oxygen atoms in total. The van der Waals surface area contributed by atoms with E-state index in [0.717, 1.165) is 39.2 Å². The maximum atomic E-state index is 12.7. The van der Waals surface area contributed by atoms with Crippen molar-refractivity contribution in [3.05, 3.63) is 58.1 Å². The summed E-state index contributed by atoms with van der Waals surface area (Å²) in [6.45, 7) is 9.54. The topological polar surface area (TPSA) is 68.0 Å². The summed E-state index contributed by atoms with van der Waals surface area (Å²) < 4.78 is 5.18. The van der Waals surface area contributed by atoms with Crippen molar-refractivity contribution in [2.24, 2.45) is 0 Å². The van der Waals surface area contributed by atoms with Crippen LogP contribution < -0.4 is 5.32 Å². The SMILES string of the molecule is Cc1ccc2cc(C(=O)N[C@@H](C)c3c(C)noc3C)c(C)nc2c1. The highest BCUT2D eigenvalue weighted by Crippen LogP contribution is 2.23. The Bertz CT molecular complexity index is 908. The molecule has 1 amide bonds. The zero-order chi connectivity index (χ0) is 17.4.